The summed E-state index contributed by atoms with van der Waals surface area (Å²) in [6.07, 6.45) is 0. The van der Waals surface area contributed by atoms with Gasteiger partial charge in [0.2, 0.25) is 15.9 Å². The number of ether oxygens (including phenoxy) is 1. The number of nitrogens with zero attached hydrogens (tertiary/aromatic N) is 1. The van der Waals surface area contributed by atoms with Gasteiger partial charge in [0.25, 0.3) is 0 Å². The standard InChI is InChI=1S/C17H26N2O4S/c1-6-19-14-9-13(18-24(21,22)10-12(2)3)7-8-15(14)23-11-17(4,5)16(19)20/h7-9,12,18H,6,10-11H2,1-5H3. The predicted molar refractivity (Wildman–Crippen MR) is 96.0 cm³/mol. The van der Waals surface area contributed by atoms with Crippen LogP contribution in [0.4, 0.5) is 11.4 Å². The van der Waals surface area contributed by atoms with Crippen LogP contribution in [-0.2, 0) is 14.8 Å². The molecule has 0 saturated carbocycles. The fourth-order valence-corrected chi connectivity index (χ4v) is 4.13. The van der Waals surface area contributed by atoms with Crippen molar-refractivity contribution in [3.8, 4) is 5.75 Å². The second-order valence-corrected chi connectivity index (χ2v) is 8.95. The second kappa shape index (κ2) is 6.63. The molecule has 1 heterocycles. The van der Waals surface area contributed by atoms with E-state index in [0.717, 1.165) is 0 Å². The lowest BCUT2D eigenvalue weighted by atomic mass is 9.93. The van der Waals surface area contributed by atoms with Crippen molar-refractivity contribution >= 4 is 27.3 Å². The fourth-order valence-electron chi connectivity index (χ4n) is 2.68. The van der Waals surface area contributed by atoms with Gasteiger partial charge in [-0.3, -0.25) is 9.52 Å². The van der Waals surface area contributed by atoms with Gasteiger partial charge in [-0.15, -0.1) is 0 Å². The van der Waals surface area contributed by atoms with E-state index in [1.165, 1.54) is 0 Å². The van der Waals surface area contributed by atoms with E-state index in [1.807, 2.05) is 34.6 Å². The zero-order valence-corrected chi connectivity index (χ0v) is 15.7. The first-order chi connectivity index (χ1) is 11.1. The van der Waals surface area contributed by atoms with E-state index in [9.17, 15) is 13.2 Å². The summed E-state index contributed by atoms with van der Waals surface area (Å²) in [6, 6.07) is 5.03. The number of anilines is 2. The molecule has 0 unspecified atom stereocenters. The quantitative estimate of drug-likeness (QED) is 0.882. The average molecular weight is 354 g/mol. The van der Waals surface area contributed by atoms with Crippen LogP contribution in [-0.4, -0.2) is 33.2 Å². The van der Waals surface area contributed by atoms with Gasteiger partial charge in [-0.25, -0.2) is 8.42 Å². The van der Waals surface area contributed by atoms with Gasteiger partial charge in [0, 0.05) is 6.54 Å². The third kappa shape index (κ3) is 4.01. The van der Waals surface area contributed by atoms with Crippen molar-refractivity contribution in [2.24, 2.45) is 11.3 Å². The minimum absolute atomic E-state index is 0.0289. The maximum atomic E-state index is 12.7. The summed E-state index contributed by atoms with van der Waals surface area (Å²) < 4.78 is 32.6. The number of fused-ring (bicyclic) bond motifs is 1. The lowest BCUT2D eigenvalue weighted by Gasteiger charge is -2.27. The number of amides is 1. The highest BCUT2D eigenvalue weighted by molar-refractivity contribution is 7.92. The first-order valence-electron chi connectivity index (χ1n) is 8.15. The van der Waals surface area contributed by atoms with Gasteiger partial charge in [-0.05, 0) is 44.9 Å². The van der Waals surface area contributed by atoms with E-state index >= 15 is 0 Å². The Labute approximate surface area is 144 Å². The molecule has 0 radical (unpaired) electrons. The van der Waals surface area contributed by atoms with Crippen LogP contribution < -0.4 is 14.4 Å². The van der Waals surface area contributed by atoms with Crippen molar-refractivity contribution < 1.29 is 17.9 Å². The number of benzene rings is 1. The molecule has 1 aromatic rings. The largest absolute Gasteiger partial charge is 0.490 e. The number of hydrogen-bond donors (Lipinski definition) is 1. The van der Waals surface area contributed by atoms with Gasteiger partial charge < -0.3 is 9.64 Å². The fraction of sp³-hybridized carbons (Fsp3) is 0.588. The highest BCUT2D eigenvalue weighted by atomic mass is 32.2. The zero-order chi connectivity index (χ0) is 18.1. The van der Waals surface area contributed by atoms with Crippen LogP contribution in [0.15, 0.2) is 18.2 Å². The van der Waals surface area contributed by atoms with Crippen LogP contribution in [0.2, 0.25) is 0 Å². The molecule has 0 atom stereocenters. The summed E-state index contributed by atoms with van der Waals surface area (Å²) >= 11 is 0. The molecule has 0 fully saturated rings. The Bertz CT molecular complexity index is 726. The Balaban J connectivity index is 2.38. The second-order valence-electron chi connectivity index (χ2n) is 7.18. The van der Waals surface area contributed by atoms with Crippen LogP contribution in [0.3, 0.4) is 0 Å². The van der Waals surface area contributed by atoms with E-state index in [4.69, 9.17) is 4.74 Å². The van der Waals surface area contributed by atoms with Crippen molar-refractivity contribution in [3.05, 3.63) is 18.2 Å². The molecule has 1 aliphatic heterocycles. The average Bonchev–Trinajstić information content (AvgIpc) is 2.53. The highest BCUT2D eigenvalue weighted by Gasteiger charge is 2.37. The van der Waals surface area contributed by atoms with Crippen LogP contribution in [0.5, 0.6) is 5.75 Å². The van der Waals surface area contributed by atoms with Crippen LogP contribution in [0.25, 0.3) is 0 Å². The molecule has 0 spiro atoms. The van der Waals surface area contributed by atoms with Gasteiger partial charge in [-0.2, -0.15) is 0 Å². The summed E-state index contributed by atoms with van der Waals surface area (Å²) in [5.41, 5.74) is 0.397. The monoisotopic (exact) mass is 354 g/mol. The molecule has 2 rings (SSSR count). The van der Waals surface area contributed by atoms with Gasteiger partial charge >= 0.3 is 0 Å². The number of hydrogen-bond acceptors (Lipinski definition) is 4. The van der Waals surface area contributed by atoms with Crippen molar-refractivity contribution in [3.63, 3.8) is 0 Å². The number of rotatable bonds is 5. The zero-order valence-electron chi connectivity index (χ0n) is 14.9. The summed E-state index contributed by atoms with van der Waals surface area (Å²) in [4.78, 5) is 14.4. The molecule has 0 saturated heterocycles. The van der Waals surface area contributed by atoms with E-state index < -0.39 is 15.4 Å². The topological polar surface area (TPSA) is 75.7 Å². The maximum Gasteiger partial charge on any atom is 0.236 e. The Hall–Kier alpha value is -1.76. The molecule has 0 aliphatic carbocycles. The Kier molecular flexibility index (Phi) is 5.13. The van der Waals surface area contributed by atoms with E-state index in [0.29, 0.717) is 23.7 Å². The first kappa shape index (κ1) is 18.6. The van der Waals surface area contributed by atoms with Gasteiger partial charge in [-0.1, -0.05) is 13.8 Å². The molecular formula is C17H26N2O4S. The number of nitrogens with one attached hydrogen (secondary N) is 1. The number of carbonyl (C=O) groups excluding carboxylic acids is 1. The van der Waals surface area contributed by atoms with Crippen LogP contribution in [0.1, 0.15) is 34.6 Å². The molecule has 1 aliphatic rings. The summed E-state index contributed by atoms with van der Waals surface area (Å²) in [6.45, 7) is 10.0. The Morgan fingerprint density at radius 2 is 2.00 bits per heavy atom. The lowest BCUT2D eigenvalue weighted by Crippen LogP contribution is -2.42. The summed E-state index contributed by atoms with van der Waals surface area (Å²) in [5.74, 6) is 0.624. The highest BCUT2D eigenvalue weighted by Crippen LogP contribution is 2.38. The number of sulfonamides is 1. The van der Waals surface area contributed by atoms with Crippen molar-refractivity contribution in [2.75, 3.05) is 28.5 Å². The molecule has 1 amide bonds. The molecule has 6 nitrogen and oxygen atoms in total. The van der Waals surface area contributed by atoms with Crippen molar-refractivity contribution in [2.45, 2.75) is 34.6 Å². The normalized spacial score (nSPS) is 17.2. The Morgan fingerprint density at radius 1 is 1.33 bits per heavy atom. The molecule has 1 N–H and O–H groups in total. The minimum Gasteiger partial charge on any atom is -0.490 e. The lowest BCUT2D eigenvalue weighted by molar-refractivity contribution is -0.127. The SMILES string of the molecule is CCN1C(=O)C(C)(C)COc2ccc(NS(=O)(=O)CC(C)C)cc21. The minimum atomic E-state index is -3.42. The summed E-state index contributed by atoms with van der Waals surface area (Å²) in [7, 11) is -3.42. The molecule has 7 heteroatoms. The summed E-state index contributed by atoms with van der Waals surface area (Å²) in [5, 5.41) is 0. The van der Waals surface area contributed by atoms with Crippen molar-refractivity contribution in [1.82, 2.24) is 0 Å². The molecule has 24 heavy (non-hydrogen) atoms. The molecule has 0 aromatic heterocycles. The molecule has 134 valence electrons. The van der Waals surface area contributed by atoms with Gasteiger partial charge in [0.05, 0.1) is 22.5 Å². The first-order valence-corrected chi connectivity index (χ1v) is 9.80. The van der Waals surface area contributed by atoms with Crippen LogP contribution in [0, 0.1) is 11.3 Å². The molecule has 0 bridgehead atoms. The molecular weight excluding hydrogens is 328 g/mol. The van der Waals surface area contributed by atoms with E-state index in [1.54, 1.807) is 23.1 Å². The predicted octanol–water partition coefficient (Wildman–Crippen LogP) is 2.86. The maximum absolute atomic E-state index is 12.7. The third-order valence-electron chi connectivity index (χ3n) is 3.80. The van der Waals surface area contributed by atoms with E-state index in [2.05, 4.69) is 4.72 Å². The third-order valence-corrected chi connectivity index (χ3v) is 5.46. The van der Waals surface area contributed by atoms with Gasteiger partial charge in [0.1, 0.15) is 12.4 Å². The van der Waals surface area contributed by atoms with Gasteiger partial charge in [0.15, 0.2) is 0 Å². The Morgan fingerprint density at radius 3 is 2.58 bits per heavy atom. The van der Waals surface area contributed by atoms with Crippen LogP contribution >= 0.6 is 0 Å². The molecule has 1 aromatic carbocycles. The smallest absolute Gasteiger partial charge is 0.236 e. The van der Waals surface area contributed by atoms with Crippen molar-refractivity contribution in [1.29, 1.82) is 0 Å². The van der Waals surface area contributed by atoms with E-state index in [-0.39, 0.29) is 24.2 Å². The number of carbonyl (C=O) groups is 1.